The van der Waals surface area contributed by atoms with Crippen LogP contribution in [0.4, 0.5) is 13.2 Å². The van der Waals surface area contributed by atoms with E-state index in [1.54, 1.807) is 17.8 Å². The first-order valence-electron chi connectivity index (χ1n) is 8.30. The summed E-state index contributed by atoms with van der Waals surface area (Å²) in [5.41, 5.74) is 2.19. The van der Waals surface area contributed by atoms with Crippen molar-refractivity contribution in [1.29, 1.82) is 0 Å². The Kier molecular flexibility index (Phi) is 6.53. The molecule has 1 heterocycles. The van der Waals surface area contributed by atoms with Gasteiger partial charge in [0.15, 0.2) is 5.16 Å². The van der Waals surface area contributed by atoms with Gasteiger partial charge in [0.05, 0.1) is 17.6 Å². The number of amides is 1. The van der Waals surface area contributed by atoms with Gasteiger partial charge in [0.2, 0.25) is 5.91 Å². The highest BCUT2D eigenvalue weighted by molar-refractivity contribution is 9.10. The average Bonchev–Trinajstić information content (AvgIpc) is 3.10. The van der Waals surface area contributed by atoms with Crippen LogP contribution in [0.15, 0.2) is 64.4 Å². The third kappa shape index (κ3) is 5.54. The summed E-state index contributed by atoms with van der Waals surface area (Å²) in [4.78, 5) is 16.0. The number of hydrogen-bond donors (Lipinski definition) is 1. The lowest BCUT2D eigenvalue weighted by Crippen LogP contribution is -2.20. The molecule has 0 unspecified atom stereocenters. The minimum Gasteiger partial charge on any atom is -0.406 e. The second kappa shape index (κ2) is 8.91. The van der Waals surface area contributed by atoms with Gasteiger partial charge in [0, 0.05) is 22.8 Å². The van der Waals surface area contributed by atoms with E-state index in [0.717, 1.165) is 15.7 Å². The summed E-state index contributed by atoms with van der Waals surface area (Å²) in [7, 11) is 1.54. The van der Waals surface area contributed by atoms with Crippen LogP contribution in [0, 0.1) is 0 Å². The van der Waals surface area contributed by atoms with Crippen LogP contribution in [0.25, 0.3) is 16.9 Å². The molecule has 0 saturated heterocycles. The maximum absolute atomic E-state index is 12.4. The summed E-state index contributed by atoms with van der Waals surface area (Å²) in [6.07, 6.45) is -3.09. The smallest absolute Gasteiger partial charge is 0.406 e. The normalized spacial score (nSPS) is 11.3. The maximum atomic E-state index is 12.4. The second-order valence-electron chi connectivity index (χ2n) is 5.77. The second-order valence-corrected chi connectivity index (χ2v) is 7.63. The number of benzene rings is 2. The van der Waals surface area contributed by atoms with Crippen LogP contribution in [0.5, 0.6) is 5.75 Å². The maximum Gasteiger partial charge on any atom is 0.573 e. The summed E-state index contributed by atoms with van der Waals surface area (Å²) in [5, 5.41) is 3.08. The molecule has 10 heteroatoms. The molecule has 0 bridgehead atoms. The Balaban J connectivity index is 2.00. The number of hydrogen-bond acceptors (Lipinski definition) is 4. The molecule has 1 N–H and O–H groups in total. The number of nitrogens with one attached hydrogen (secondary N) is 1. The molecule has 29 heavy (non-hydrogen) atoms. The Morgan fingerprint density at radius 3 is 2.41 bits per heavy atom. The molecular weight excluding hydrogens is 471 g/mol. The molecule has 0 aliphatic heterocycles. The highest BCUT2D eigenvalue weighted by Gasteiger charge is 2.31. The van der Waals surface area contributed by atoms with E-state index in [2.05, 4.69) is 31.0 Å². The van der Waals surface area contributed by atoms with Gasteiger partial charge < -0.3 is 10.1 Å². The van der Waals surface area contributed by atoms with Crippen LogP contribution in [0.1, 0.15) is 0 Å². The van der Waals surface area contributed by atoms with Crippen molar-refractivity contribution in [3.05, 3.63) is 59.2 Å². The number of thioether (sulfide) groups is 1. The minimum absolute atomic E-state index is 0.155. The van der Waals surface area contributed by atoms with E-state index in [9.17, 15) is 18.0 Å². The quantitative estimate of drug-likeness (QED) is 0.497. The van der Waals surface area contributed by atoms with E-state index in [1.807, 2.05) is 24.3 Å². The van der Waals surface area contributed by atoms with Gasteiger partial charge >= 0.3 is 6.36 Å². The lowest BCUT2D eigenvalue weighted by Gasteiger charge is -2.14. The molecule has 152 valence electrons. The predicted octanol–water partition coefficient (Wildman–Crippen LogP) is 5.04. The Morgan fingerprint density at radius 1 is 1.17 bits per heavy atom. The molecule has 0 aliphatic rings. The zero-order valence-electron chi connectivity index (χ0n) is 15.0. The SMILES string of the molecule is CNC(=O)CSc1ncc(-c2ccc(Br)cc2)n1-c1ccc(OC(F)(F)F)cc1. The third-order valence-corrected chi connectivity index (χ3v) is 5.29. The van der Waals surface area contributed by atoms with Crippen LogP contribution in [0.3, 0.4) is 0 Å². The van der Waals surface area contributed by atoms with E-state index < -0.39 is 6.36 Å². The highest BCUT2D eigenvalue weighted by Crippen LogP contribution is 2.32. The van der Waals surface area contributed by atoms with E-state index in [1.165, 1.54) is 36.0 Å². The average molecular weight is 486 g/mol. The molecule has 2 aromatic carbocycles. The summed E-state index contributed by atoms with van der Waals surface area (Å²) in [5.74, 6) is -0.322. The van der Waals surface area contributed by atoms with Gasteiger partial charge in [-0.1, -0.05) is 39.8 Å². The number of rotatable bonds is 6. The van der Waals surface area contributed by atoms with Crippen LogP contribution in [0.2, 0.25) is 0 Å². The molecule has 0 atom stereocenters. The molecule has 3 aromatic rings. The Morgan fingerprint density at radius 2 is 1.83 bits per heavy atom. The van der Waals surface area contributed by atoms with E-state index in [4.69, 9.17) is 0 Å². The lowest BCUT2D eigenvalue weighted by molar-refractivity contribution is -0.274. The van der Waals surface area contributed by atoms with Crippen molar-refractivity contribution >= 4 is 33.6 Å². The Hall–Kier alpha value is -2.46. The summed E-state index contributed by atoms with van der Waals surface area (Å²) in [6.45, 7) is 0. The van der Waals surface area contributed by atoms with Gasteiger partial charge in [-0.05, 0) is 36.4 Å². The van der Waals surface area contributed by atoms with Crippen molar-refractivity contribution in [2.75, 3.05) is 12.8 Å². The van der Waals surface area contributed by atoms with Gasteiger partial charge in [-0.15, -0.1) is 13.2 Å². The zero-order chi connectivity index (χ0) is 21.0. The minimum atomic E-state index is -4.76. The van der Waals surface area contributed by atoms with Crippen LogP contribution in [-0.2, 0) is 4.79 Å². The number of halogens is 4. The van der Waals surface area contributed by atoms with Gasteiger partial charge in [0.25, 0.3) is 0 Å². The largest absolute Gasteiger partial charge is 0.573 e. The molecule has 1 aromatic heterocycles. The number of imidazole rings is 1. The summed E-state index contributed by atoms with van der Waals surface area (Å²) >= 11 is 4.62. The molecule has 1 amide bonds. The standard InChI is InChI=1S/C19H15BrF3N3O2S/c1-24-17(27)11-29-18-25-10-16(12-2-4-13(20)5-3-12)26(18)14-6-8-15(9-7-14)28-19(21,22)23/h2-10H,11H2,1H3,(H,24,27). The molecule has 0 fully saturated rings. The van der Waals surface area contributed by atoms with Crippen LogP contribution >= 0.6 is 27.7 Å². The first kappa shape index (κ1) is 21.3. The fraction of sp³-hybridized carbons (Fsp3) is 0.158. The molecule has 0 spiro atoms. The van der Waals surface area contributed by atoms with Gasteiger partial charge in [-0.3, -0.25) is 9.36 Å². The topological polar surface area (TPSA) is 56.2 Å². The number of carbonyl (C=O) groups excluding carboxylic acids is 1. The van der Waals surface area contributed by atoms with E-state index in [0.29, 0.717) is 10.8 Å². The number of ether oxygens (including phenoxy) is 1. The van der Waals surface area contributed by atoms with Crippen LogP contribution in [-0.4, -0.2) is 34.6 Å². The van der Waals surface area contributed by atoms with Crippen molar-refractivity contribution < 1.29 is 22.7 Å². The molecule has 3 rings (SSSR count). The zero-order valence-corrected chi connectivity index (χ0v) is 17.4. The number of alkyl halides is 3. The third-order valence-electron chi connectivity index (χ3n) is 3.81. The first-order valence-corrected chi connectivity index (χ1v) is 10.1. The first-order chi connectivity index (χ1) is 13.8. The monoisotopic (exact) mass is 485 g/mol. The van der Waals surface area contributed by atoms with Crippen molar-refractivity contribution in [2.45, 2.75) is 11.5 Å². The Labute approximate surface area is 177 Å². The number of carbonyl (C=O) groups is 1. The van der Waals surface area contributed by atoms with Crippen molar-refractivity contribution in [3.8, 4) is 22.7 Å². The number of nitrogens with zero attached hydrogens (tertiary/aromatic N) is 2. The highest BCUT2D eigenvalue weighted by atomic mass is 79.9. The van der Waals surface area contributed by atoms with E-state index in [-0.39, 0.29) is 17.4 Å². The van der Waals surface area contributed by atoms with Crippen molar-refractivity contribution in [3.63, 3.8) is 0 Å². The summed E-state index contributed by atoms with van der Waals surface area (Å²) < 4.78 is 43.9. The molecular formula is C19H15BrF3N3O2S. The lowest BCUT2D eigenvalue weighted by atomic mass is 10.1. The van der Waals surface area contributed by atoms with E-state index >= 15 is 0 Å². The molecule has 0 aliphatic carbocycles. The number of aromatic nitrogens is 2. The predicted molar refractivity (Wildman–Crippen MR) is 108 cm³/mol. The fourth-order valence-electron chi connectivity index (χ4n) is 2.51. The van der Waals surface area contributed by atoms with Gasteiger partial charge in [-0.25, -0.2) is 4.98 Å². The summed E-state index contributed by atoms with van der Waals surface area (Å²) in [6, 6.07) is 13.0. The Bertz CT molecular complexity index is 989. The molecule has 0 radical (unpaired) electrons. The van der Waals surface area contributed by atoms with Crippen molar-refractivity contribution in [2.24, 2.45) is 0 Å². The van der Waals surface area contributed by atoms with Crippen LogP contribution < -0.4 is 10.1 Å². The van der Waals surface area contributed by atoms with Gasteiger partial charge in [0.1, 0.15) is 5.75 Å². The molecule has 5 nitrogen and oxygen atoms in total. The fourth-order valence-corrected chi connectivity index (χ4v) is 3.64. The molecule has 0 saturated carbocycles. The van der Waals surface area contributed by atoms with Crippen molar-refractivity contribution in [1.82, 2.24) is 14.9 Å². The van der Waals surface area contributed by atoms with Gasteiger partial charge in [-0.2, -0.15) is 0 Å².